The second-order valence-electron chi connectivity index (χ2n) is 4.63. The van der Waals surface area contributed by atoms with E-state index in [1.54, 1.807) is 41.1 Å². The summed E-state index contributed by atoms with van der Waals surface area (Å²) >= 11 is 4.88. The summed E-state index contributed by atoms with van der Waals surface area (Å²) in [7, 11) is 0. The average molecular weight is 330 g/mol. The van der Waals surface area contributed by atoms with E-state index >= 15 is 0 Å². The van der Waals surface area contributed by atoms with Crippen LogP contribution in [-0.4, -0.2) is 20.5 Å². The fraction of sp³-hybridized carbons (Fsp3) is 0.0667. The Morgan fingerprint density at radius 2 is 2.17 bits per heavy atom. The van der Waals surface area contributed by atoms with Gasteiger partial charge in [0.15, 0.2) is 5.11 Å². The first-order valence-electron chi connectivity index (χ1n) is 6.59. The zero-order valence-corrected chi connectivity index (χ0v) is 13.1. The predicted molar refractivity (Wildman–Crippen MR) is 91.5 cm³/mol. The van der Waals surface area contributed by atoms with E-state index in [1.165, 1.54) is 13.0 Å². The first-order chi connectivity index (χ1) is 10.9. The Hall–Kier alpha value is -3.00. The van der Waals surface area contributed by atoms with Crippen LogP contribution in [-0.2, 0) is 4.79 Å². The van der Waals surface area contributed by atoms with Crippen LogP contribution >= 0.6 is 12.2 Å². The van der Waals surface area contributed by atoms with E-state index in [4.69, 9.17) is 12.2 Å². The SMILES string of the molecule is C=C/C(=C\C=C(/C)[N+](=O)[O-])n1cccc1/C=C1\NC(=S)NC1=O. The van der Waals surface area contributed by atoms with Crippen molar-refractivity contribution in [2.24, 2.45) is 0 Å². The van der Waals surface area contributed by atoms with E-state index in [-0.39, 0.29) is 16.7 Å². The van der Waals surface area contributed by atoms with Crippen LogP contribution in [0, 0.1) is 10.1 Å². The average Bonchev–Trinajstić information content (AvgIpc) is 3.07. The Bertz CT molecular complexity index is 786. The van der Waals surface area contributed by atoms with Gasteiger partial charge in [-0.2, -0.15) is 0 Å². The molecule has 0 unspecified atom stereocenters. The Morgan fingerprint density at radius 1 is 1.43 bits per heavy atom. The highest BCUT2D eigenvalue weighted by Crippen LogP contribution is 2.16. The van der Waals surface area contributed by atoms with Crippen LogP contribution in [0.3, 0.4) is 0 Å². The number of hydrogen-bond acceptors (Lipinski definition) is 4. The number of allylic oxidation sites excluding steroid dienone is 5. The highest BCUT2D eigenvalue weighted by Gasteiger charge is 2.20. The number of aromatic nitrogens is 1. The highest BCUT2D eigenvalue weighted by atomic mass is 32.1. The summed E-state index contributed by atoms with van der Waals surface area (Å²) in [5.41, 5.74) is 1.67. The number of carbonyl (C=O) groups excluding carboxylic acids is 1. The number of thiocarbonyl (C=S) groups is 1. The maximum atomic E-state index is 11.7. The van der Waals surface area contributed by atoms with Crippen molar-refractivity contribution in [1.29, 1.82) is 0 Å². The van der Waals surface area contributed by atoms with Gasteiger partial charge in [-0.25, -0.2) is 0 Å². The van der Waals surface area contributed by atoms with Crippen LogP contribution in [0.2, 0.25) is 0 Å². The quantitative estimate of drug-likeness (QED) is 0.283. The lowest BCUT2D eigenvalue weighted by atomic mass is 10.3. The van der Waals surface area contributed by atoms with Gasteiger partial charge in [0.2, 0.25) is 5.70 Å². The lowest BCUT2D eigenvalue weighted by Crippen LogP contribution is -2.21. The molecule has 0 spiro atoms. The molecule has 2 heterocycles. The third-order valence-corrected chi connectivity index (χ3v) is 3.27. The van der Waals surface area contributed by atoms with Gasteiger partial charge in [0.25, 0.3) is 5.91 Å². The summed E-state index contributed by atoms with van der Waals surface area (Å²) in [4.78, 5) is 21.9. The van der Waals surface area contributed by atoms with Gasteiger partial charge in [-0.1, -0.05) is 6.58 Å². The molecule has 1 aromatic rings. The molecule has 0 atom stereocenters. The molecule has 1 fully saturated rings. The van der Waals surface area contributed by atoms with Gasteiger partial charge in [-0.15, -0.1) is 0 Å². The van der Waals surface area contributed by atoms with Crippen molar-refractivity contribution in [3.8, 4) is 0 Å². The van der Waals surface area contributed by atoms with Crippen LogP contribution in [0.1, 0.15) is 12.6 Å². The predicted octanol–water partition coefficient (Wildman–Crippen LogP) is 2.04. The lowest BCUT2D eigenvalue weighted by Gasteiger charge is -2.07. The molecule has 1 aliphatic heterocycles. The van der Waals surface area contributed by atoms with Crippen molar-refractivity contribution < 1.29 is 9.72 Å². The first kappa shape index (κ1) is 16.4. The largest absolute Gasteiger partial charge is 0.328 e. The number of rotatable bonds is 5. The second-order valence-corrected chi connectivity index (χ2v) is 5.04. The van der Waals surface area contributed by atoms with E-state index in [0.717, 1.165) is 0 Å². The van der Waals surface area contributed by atoms with E-state index in [2.05, 4.69) is 17.2 Å². The molecular formula is C15H14N4O3S. The highest BCUT2D eigenvalue weighted by molar-refractivity contribution is 7.80. The fourth-order valence-corrected chi connectivity index (χ4v) is 2.09. The van der Waals surface area contributed by atoms with E-state index < -0.39 is 4.92 Å². The normalized spacial score (nSPS) is 17.2. The zero-order valence-electron chi connectivity index (χ0n) is 12.3. The third kappa shape index (κ3) is 3.80. The lowest BCUT2D eigenvalue weighted by molar-refractivity contribution is -0.424. The summed E-state index contributed by atoms with van der Waals surface area (Å²) < 4.78 is 1.75. The fourth-order valence-electron chi connectivity index (χ4n) is 1.89. The van der Waals surface area contributed by atoms with Crippen LogP contribution in [0.5, 0.6) is 0 Å². The molecular weight excluding hydrogens is 316 g/mol. The van der Waals surface area contributed by atoms with E-state index in [0.29, 0.717) is 17.1 Å². The molecule has 1 aliphatic rings. The molecule has 118 valence electrons. The monoisotopic (exact) mass is 330 g/mol. The van der Waals surface area contributed by atoms with Gasteiger partial charge in [-0.05, 0) is 42.6 Å². The number of nitrogens with one attached hydrogen (secondary N) is 2. The third-order valence-electron chi connectivity index (χ3n) is 3.06. The second kappa shape index (κ2) is 6.84. The van der Waals surface area contributed by atoms with Crippen LogP contribution in [0.15, 0.2) is 54.5 Å². The summed E-state index contributed by atoms with van der Waals surface area (Å²) in [6.07, 6.45) is 7.94. The van der Waals surface area contributed by atoms with Gasteiger partial charge in [0.05, 0.1) is 4.92 Å². The molecule has 7 nitrogen and oxygen atoms in total. The Kier molecular flexibility index (Phi) is 4.87. The molecule has 0 bridgehead atoms. The molecule has 0 radical (unpaired) electrons. The van der Waals surface area contributed by atoms with Crippen molar-refractivity contribution in [2.45, 2.75) is 6.92 Å². The Labute approximate surface area is 137 Å². The minimum Gasteiger partial charge on any atom is -0.328 e. The maximum Gasteiger partial charge on any atom is 0.273 e. The van der Waals surface area contributed by atoms with Gasteiger partial charge in [0.1, 0.15) is 5.70 Å². The minimum absolute atomic E-state index is 0.0126. The number of nitro groups is 1. The first-order valence-corrected chi connectivity index (χ1v) is 7.00. The topological polar surface area (TPSA) is 89.2 Å². The van der Waals surface area contributed by atoms with Gasteiger partial charge >= 0.3 is 0 Å². The molecule has 8 heteroatoms. The van der Waals surface area contributed by atoms with E-state index in [9.17, 15) is 14.9 Å². The molecule has 0 saturated carbocycles. The molecule has 2 rings (SSSR count). The Balaban J connectivity index is 2.38. The number of nitrogens with zero attached hydrogens (tertiary/aromatic N) is 2. The maximum absolute atomic E-state index is 11.7. The van der Waals surface area contributed by atoms with Gasteiger partial charge < -0.3 is 9.88 Å². The van der Waals surface area contributed by atoms with Crippen LogP contribution in [0.25, 0.3) is 11.8 Å². The van der Waals surface area contributed by atoms with Crippen molar-refractivity contribution in [3.05, 3.63) is 70.3 Å². The van der Waals surface area contributed by atoms with Gasteiger partial charge in [-0.3, -0.25) is 20.2 Å². The minimum atomic E-state index is -0.469. The van der Waals surface area contributed by atoms with Gasteiger partial charge in [0, 0.05) is 30.6 Å². The standard InChI is InChI=1S/C15H14N4O3S/c1-3-11(7-6-10(2)19(21)22)18-8-4-5-12(18)9-13-14(20)17-15(23)16-13/h3-9H,1H2,2H3,(H2,16,17,20,23)/b10-6+,11-7+,13-9-. The summed E-state index contributed by atoms with van der Waals surface area (Å²) in [5, 5.41) is 16.1. The summed E-state index contributed by atoms with van der Waals surface area (Å²) in [6.45, 7) is 5.12. The summed E-state index contributed by atoms with van der Waals surface area (Å²) in [5.74, 6) is -0.309. The molecule has 2 N–H and O–H groups in total. The molecule has 1 amide bonds. The van der Waals surface area contributed by atoms with Crippen LogP contribution in [0.4, 0.5) is 0 Å². The number of carbonyl (C=O) groups is 1. The summed E-state index contributed by atoms with van der Waals surface area (Å²) in [6, 6.07) is 3.59. The molecule has 1 aromatic heterocycles. The number of amides is 1. The molecule has 23 heavy (non-hydrogen) atoms. The van der Waals surface area contributed by atoms with Crippen LogP contribution < -0.4 is 10.6 Å². The van der Waals surface area contributed by atoms with E-state index in [1.807, 2.05) is 0 Å². The smallest absolute Gasteiger partial charge is 0.273 e. The van der Waals surface area contributed by atoms with Crippen molar-refractivity contribution in [1.82, 2.24) is 15.2 Å². The molecule has 0 aromatic carbocycles. The Morgan fingerprint density at radius 3 is 2.74 bits per heavy atom. The van der Waals surface area contributed by atoms with Crippen molar-refractivity contribution >= 4 is 35.0 Å². The molecule has 1 saturated heterocycles. The van der Waals surface area contributed by atoms with Crippen molar-refractivity contribution in [3.63, 3.8) is 0 Å². The molecule has 0 aliphatic carbocycles. The number of hydrogen-bond donors (Lipinski definition) is 2. The zero-order chi connectivity index (χ0) is 17.0. The van der Waals surface area contributed by atoms with Crippen molar-refractivity contribution in [2.75, 3.05) is 0 Å².